The van der Waals surface area contributed by atoms with Crippen molar-refractivity contribution in [1.82, 2.24) is 4.90 Å². The largest absolute Gasteiger partial charge is 0.494 e. The third kappa shape index (κ3) is 5.34. The molecule has 0 amide bonds. The van der Waals surface area contributed by atoms with Crippen LogP contribution in [0.3, 0.4) is 0 Å². The summed E-state index contributed by atoms with van der Waals surface area (Å²) >= 11 is 0. The van der Waals surface area contributed by atoms with Crippen LogP contribution in [0.15, 0.2) is 54.6 Å². The second kappa shape index (κ2) is 10.1. The summed E-state index contributed by atoms with van der Waals surface area (Å²) in [6.07, 6.45) is 2.17. The molecule has 0 aromatic heterocycles. The van der Waals surface area contributed by atoms with E-state index in [9.17, 15) is 5.11 Å². The van der Waals surface area contributed by atoms with Gasteiger partial charge >= 0.3 is 0 Å². The fourth-order valence-corrected chi connectivity index (χ4v) is 3.76. The van der Waals surface area contributed by atoms with Crippen molar-refractivity contribution < 1.29 is 14.6 Å². The van der Waals surface area contributed by atoms with Gasteiger partial charge in [0.1, 0.15) is 5.75 Å². The molecule has 0 aliphatic carbocycles. The van der Waals surface area contributed by atoms with Gasteiger partial charge in [0, 0.05) is 25.6 Å². The van der Waals surface area contributed by atoms with Gasteiger partial charge in [-0.2, -0.15) is 0 Å². The van der Waals surface area contributed by atoms with Crippen LogP contribution in [-0.4, -0.2) is 49.5 Å². The highest BCUT2D eigenvalue weighted by molar-refractivity contribution is 5.35. The number of hydrogen-bond acceptors (Lipinski definition) is 4. The Hall–Kier alpha value is -1.88. The Balaban J connectivity index is 1.80. The first-order valence-electron chi connectivity index (χ1n) is 10.4. The second-order valence-corrected chi connectivity index (χ2v) is 7.75. The summed E-state index contributed by atoms with van der Waals surface area (Å²) in [7, 11) is 0. The minimum atomic E-state index is -0.985. The highest BCUT2D eigenvalue weighted by Gasteiger charge is 2.36. The lowest BCUT2D eigenvalue weighted by Gasteiger charge is -2.38. The quantitative estimate of drug-likeness (QED) is 0.660. The summed E-state index contributed by atoms with van der Waals surface area (Å²) in [5.74, 6) is 0.830. The molecule has 0 unspecified atom stereocenters. The Labute approximate surface area is 169 Å². The Kier molecular flexibility index (Phi) is 7.49. The highest BCUT2D eigenvalue weighted by atomic mass is 16.5. The van der Waals surface area contributed by atoms with Crippen molar-refractivity contribution in [3.05, 3.63) is 65.7 Å². The molecule has 1 saturated heterocycles. The third-order valence-corrected chi connectivity index (χ3v) is 5.63. The lowest BCUT2D eigenvalue weighted by molar-refractivity contribution is -0.0107. The number of hydrogen-bond donors (Lipinski definition) is 1. The maximum absolute atomic E-state index is 11.6. The molecule has 0 radical (unpaired) electrons. The molecular weight excluding hydrogens is 350 g/mol. The predicted molar refractivity (Wildman–Crippen MR) is 113 cm³/mol. The topological polar surface area (TPSA) is 41.9 Å². The van der Waals surface area contributed by atoms with Gasteiger partial charge in [-0.05, 0) is 36.6 Å². The predicted octanol–water partition coefficient (Wildman–Crippen LogP) is 4.19. The lowest BCUT2D eigenvalue weighted by atomic mass is 9.78. The maximum atomic E-state index is 11.6. The number of unbranched alkanes of at least 4 members (excludes halogenated alkanes) is 1. The smallest absolute Gasteiger partial charge is 0.119 e. The van der Waals surface area contributed by atoms with E-state index in [0.717, 1.165) is 69.2 Å². The minimum absolute atomic E-state index is 0.0290. The zero-order valence-electron chi connectivity index (χ0n) is 17.1. The Morgan fingerprint density at radius 3 is 2.39 bits per heavy atom. The van der Waals surface area contributed by atoms with E-state index in [0.29, 0.717) is 0 Å². The van der Waals surface area contributed by atoms with Crippen LogP contribution in [0.5, 0.6) is 5.75 Å². The van der Waals surface area contributed by atoms with Crippen molar-refractivity contribution in [2.75, 3.05) is 39.5 Å². The van der Waals surface area contributed by atoms with Gasteiger partial charge in [0.05, 0.1) is 25.4 Å². The van der Waals surface area contributed by atoms with Crippen molar-refractivity contribution >= 4 is 0 Å². The standard InChI is InChI=1S/C24H33NO3/c1-3-4-16-28-22-12-10-21(11-13-22)24(2,26)23(20-8-6-5-7-9-20)19-25-14-17-27-18-15-25/h5-13,23,26H,3-4,14-19H2,1-2H3/t23-,24-/m0/s1. The first-order chi connectivity index (χ1) is 13.6. The molecule has 0 spiro atoms. The second-order valence-electron chi connectivity index (χ2n) is 7.75. The molecular formula is C24H33NO3. The van der Waals surface area contributed by atoms with E-state index in [4.69, 9.17) is 9.47 Å². The minimum Gasteiger partial charge on any atom is -0.494 e. The first kappa shape index (κ1) is 20.8. The van der Waals surface area contributed by atoms with E-state index >= 15 is 0 Å². The normalized spacial score (nSPS) is 18.4. The molecule has 1 fully saturated rings. The average molecular weight is 384 g/mol. The van der Waals surface area contributed by atoms with Crippen molar-refractivity contribution in [1.29, 1.82) is 0 Å². The van der Waals surface area contributed by atoms with Crippen LogP contribution in [0.4, 0.5) is 0 Å². The van der Waals surface area contributed by atoms with Crippen molar-refractivity contribution in [2.24, 2.45) is 0 Å². The van der Waals surface area contributed by atoms with Gasteiger partial charge in [0.15, 0.2) is 0 Å². The van der Waals surface area contributed by atoms with Gasteiger partial charge in [0.2, 0.25) is 0 Å². The summed E-state index contributed by atoms with van der Waals surface area (Å²) < 4.78 is 11.3. The van der Waals surface area contributed by atoms with E-state index in [2.05, 4.69) is 24.0 Å². The first-order valence-corrected chi connectivity index (χ1v) is 10.4. The number of nitrogens with zero attached hydrogens (tertiary/aromatic N) is 1. The molecule has 4 nitrogen and oxygen atoms in total. The van der Waals surface area contributed by atoms with Gasteiger partial charge in [-0.25, -0.2) is 0 Å². The summed E-state index contributed by atoms with van der Waals surface area (Å²) in [5.41, 5.74) is 1.08. The molecule has 1 N–H and O–H groups in total. The molecule has 0 saturated carbocycles. The molecule has 152 valence electrons. The summed E-state index contributed by atoms with van der Waals surface area (Å²) in [4.78, 5) is 2.39. The van der Waals surface area contributed by atoms with Crippen LogP contribution in [0.2, 0.25) is 0 Å². The summed E-state index contributed by atoms with van der Waals surface area (Å²) in [6, 6.07) is 18.3. The Morgan fingerprint density at radius 2 is 1.75 bits per heavy atom. The maximum Gasteiger partial charge on any atom is 0.119 e. The van der Waals surface area contributed by atoms with Crippen molar-refractivity contribution in [3.63, 3.8) is 0 Å². The zero-order chi connectivity index (χ0) is 19.8. The van der Waals surface area contributed by atoms with E-state index in [-0.39, 0.29) is 5.92 Å². The van der Waals surface area contributed by atoms with Crippen LogP contribution in [0.1, 0.15) is 43.7 Å². The van der Waals surface area contributed by atoms with E-state index in [1.165, 1.54) is 0 Å². The number of ether oxygens (including phenoxy) is 2. The van der Waals surface area contributed by atoms with Crippen molar-refractivity contribution in [3.8, 4) is 5.75 Å². The summed E-state index contributed by atoms with van der Waals surface area (Å²) in [6.45, 7) is 8.94. The van der Waals surface area contributed by atoms with Crippen LogP contribution in [0, 0.1) is 0 Å². The van der Waals surface area contributed by atoms with Gasteiger partial charge in [-0.3, -0.25) is 4.90 Å². The van der Waals surface area contributed by atoms with Crippen LogP contribution < -0.4 is 4.74 Å². The molecule has 1 aliphatic heterocycles. The number of benzene rings is 2. The number of aliphatic hydroxyl groups is 1. The van der Waals surface area contributed by atoms with Gasteiger partial charge < -0.3 is 14.6 Å². The van der Waals surface area contributed by atoms with Gasteiger partial charge in [-0.1, -0.05) is 55.8 Å². The Morgan fingerprint density at radius 1 is 1.07 bits per heavy atom. The van der Waals surface area contributed by atoms with Gasteiger partial charge in [-0.15, -0.1) is 0 Å². The molecule has 28 heavy (non-hydrogen) atoms. The molecule has 2 aromatic carbocycles. The molecule has 1 aliphatic rings. The number of morpholine rings is 1. The van der Waals surface area contributed by atoms with E-state index in [1.807, 2.05) is 49.4 Å². The van der Waals surface area contributed by atoms with E-state index in [1.54, 1.807) is 0 Å². The molecule has 1 heterocycles. The highest BCUT2D eigenvalue weighted by Crippen LogP contribution is 2.38. The monoisotopic (exact) mass is 383 g/mol. The summed E-state index contributed by atoms with van der Waals surface area (Å²) in [5, 5.41) is 11.6. The van der Waals surface area contributed by atoms with Crippen LogP contribution in [0.25, 0.3) is 0 Å². The van der Waals surface area contributed by atoms with E-state index < -0.39 is 5.60 Å². The third-order valence-electron chi connectivity index (χ3n) is 5.63. The lowest BCUT2D eigenvalue weighted by Crippen LogP contribution is -2.43. The average Bonchev–Trinajstić information content (AvgIpc) is 2.74. The molecule has 2 aromatic rings. The molecule has 0 bridgehead atoms. The molecule has 3 rings (SSSR count). The van der Waals surface area contributed by atoms with Gasteiger partial charge in [0.25, 0.3) is 0 Å². The Bertz CT molecular complexity index is 694. The fourth-order valence-electron chi connectivity index (χ4n) is 3.76. The molecule has 2 atom stereocenters. The van der Waals surface area contributed by atoms with Crippen LogP contribution in [-0.2, 0) is 10.3 Å². The zero-order valence-corrected chi connectivity index (χ0v) is 17.1. The van der Waals surface area contributed by atoms with Crippen LogP contribution >= 0.6 is 0 Å². The number of rotatable bonds is 9. The van der Waals surface area contributed by atoms with Crippen molar-refractivity contribution in [2.45, 2.75) is 38.2 Å². The fraction of sp³-hybridized carbons (Fsp3) is 0.500. The molecule has 4 heteroatoms. The SMILES string of the molecule is CCCCOc1ccc([C@](C)(O)[C@@H](CN2CCOCC2)c2ccccc2)cc1.